The van der Waals surface area contributed by atoms with Crippen LogP contribution in [0.4, 0.5) is 0 Å². The smallest absolute Gasteiger partial charge is 0.270 e. The van der Waals surface area contributed by atoms with Gasteiger partial charge in [0.15, 0.2) is 0 Å². The average molecular weight is 466 g/mol. The van der Waals surface area contributed by atoms with Gasteiger partial charge in [-0.2, -0.15) is 0 Å². The molecule has 0 bridgehead atoms. The van der Waals surface area contributed by atoms with Crippen molar-refractivity contribution in [3.05, 3.63) is 97.1 Å². The number of hydrogen-bond acceptors (Lipinski definition) is 3. The molecule has 1 N–H and O–H groups in total. The van der Waals surface area contributed by atoms with E-state index in [-0.39, 0.29) is 11.9 Å². The number of aromatic nitrogens is 2. The van der Waals surface area contributed by atoms with Crippen LogP contribution in [-0.2, 0) is 0 Å². The van der Waals surface area contributed by atoms with Crippen LogP contribution in [0.1, 0.15) is 43.6 Å². The fourth-order valence-corrected chi connectivity index (χ4v) is 4.87. The summed E-state index contributed by atoms with van der Waals surface area (Å²) in [6.45, 7) is 4.52. The Morgan fingerprint density at radius 2 is 1.69 bits per heavy atom. The molecule has 1 fully saturated rings. The highest BCUT2D eigenvalue weighted by molar-refractivity contribution is 5.93. The lowest BCUT2D eigenvalue weighted by Crippen LogP contribution is -2.44. The van der Waals surface area contributed by atoms with Gasteiger partial charge in [-0.1, -0.05) is 69.2 Å². The van der Waals surface area contributed by atoms with Gasteiger partial charge in [0.1, 0.15) is 17.2 Å². The van der Waals surface area contributed by atoms with Gasteiger partial charge < -0.3 is 10.1 Å². The Morgan fingerprint density at radius 3 is 2.49 bits per heavy atom. The van der Waals surface area contributed by atoms with E-state index >= 15 is 0 Å². The summed E-state index contributed by atoms with van der Waals surface area (Å²) in [6.07, 6.45) is 6.78. The molecular formula is C30H31N3O2. The summed E-state index contributed by atoms with van der Waals surface area (Å²) in [5.74, 6) is 2.63. The predicted molar refractivity (Wildman–Crippen MR) is 139 cm³/mol. The van der Waals surface area contributed by atoms with Crippen LogP contribution in [0, 0.1) is 11.8 Å². The first kappa shape index (κ1) is 22.9. The highest BCUT2D eigenvalue weighted by Gasteiger charge is 2.29. The van der Waals surface area contributed by atoms with Crippen LogP contribution in [0.15, 0.2) is 91.4 Å². The van der Waals surface area contributed by atoms with E-state index in [0.29, 0.717) is 17.5 Å². The van der Waals surface area contributed by atoms with Crippen molar-refractivity contribution in [1.82, 2.24) is 14.9 Å². The molecule has 0 unspecified atom stereocenters. The van der Waals surface area contributed by atoms with Crippen molar-refractivity contribution < 1.29 is 9.53 Å². The van der Waals surface area contributed by atoms with Gasteiger partial charge in [0, 0.05) is 11.7 Å². The van der Waals surface area contributed by atoms with Crippen molar-refractivity contribution in [3.8, 4) is 28.3 Å². The fraction of sp³-hybridized carbons (Fsp3) is 0.267. The minimum atomic E-state index is -0.0683. The quantitative estimate of drug-likeness (QED) is 0.337. The van der Waals surface area contributed by atoms with Crippen LogP contribution in [0.2, 0.25) is 0 Å². The molecule has 1 aliphatic carbocycles. The Hall–Kier alpha value is -3.86. The van der Waals surface area contributed by atoms with E-state index in [1.807, 2.05) is 71.3 Å². The maximum Gasteiger partial charge on any atom is 0.270 e. The van der Waals surface area contributed by atoms with Gasteiger partial charge in [-0.3, -0.25) is 9.36 Å². The minimum Gasteiger partial charge on any atom is -0.457 e. The molecule has 35 heavy (non-hydrogen) atoms. The van der Waals surface area contributed by atoms with Gasteiger partial charge >= 0.3 is 0 Å². The van der Waals surface area contributed by atoms with Crippen LogP contribution >= 0.6 is 0 Å². The van der Waals surface area contributed by atoms with E-state index in [4.69, 9.17) is 4.74 Å². The monoisotopic (exact) mass is 465 g/mol. The van der Waals surface area contributed by atoms with E-state index in [1.165, 1.54) is 6.42 Å². The van der Waals surface area contributed by atoms with E-state index in [0.717, 1.165) is 41.2 Å². The molecule has 3 aromatic carbocycles. The maximum absolute atomic E-state index is 13.2. The number of rotatable bonds is 6. The Morgan fingerprint density at radius 1 is 0.914 bits per heavy atom. The molecule has 0 radical (unpaired) electrons. The second kappa shape index (κ2) is 10.2. The van der Waals surface area contributed by atoms with E-state index in [9.17, 15) is 4.79 Å². The number of benzene rings is 3. The van der Waals surface area contributed by atoms with Crippen LogP contribution in [0.3, 0.4) is 0 Å². The fourth-order valence-electron chi connectivity index (χ4n) is 4.87. The van der Waals surface area contributed by atoms with Gasteiger partial charge in [-0.05, 0) is 65.8 Å². The van der Waals surface area contributed by atoms with E-state index in [2.05, 4.69) is 36.3 Å². The molecule has 1 aliphatic rings. The number of imidazole rings is 1. The molecule has 1 heterocycles. The first-order chi connectivity index (χ1) is 17.1. The maximum atomic E-state index is 13.2. The Bertz CT molecular complexity index is 1280. The van der Waals surface area contributed by atoms with Crippen LogP contribution < -0.4 is 10.1 Å². The van der Waals surface area contributed by atoms with Crippen molar-refractivity contribution in [2.45, 2.75) is 39.2 Å². The number of hydrogen-bond donors (Lipinski definition) is 1. The normalized spacial score (nSPS) is 19.8. The summed E-state index contributed by atoms with van der Waals surface area (Å²) in [6, 6.07) is 26.1. The topological polar surface area (TPSA) is 56.2 Å². The Balaban J connectivity index is 1.33. The van der Waals surface area contributed by atoms with Crippen molar-refractivity contribution in [2.24, 2.45) is 11.8 Å². The standard InChI is InChI=1S/C30H31N3O2/c1-21-8-6-13-28(22(21)2)32-30(34)29-19-31-20-33(29)25-10-7-9-24(18-25)23-14-16-27(17-15-23)35-26-11-4-3-5-12-26/h3-5,7,9-12,14-22,28H,6,8,13H2,1-2H3,(H,32,34)/t21-,22-,28+/m1/s1. The van der Waals surface area contributed by atoms with Crippen molar-refractivity contribution in [3.63, 3.8) is 0 Å². The molecule has 178 valence electrons. The molecule has 1 saturated carbocycles. The number of nitrogens with zero attached hydrogens (tertiary/aromatic N) is 2. The second-order valence-corrected chi connectivity index (χ2v) is 9.49. The number of amides is 1. The highest BCUT2D eigenvalue weighted by atomic mass is 16.5. The molecule has 0 saturated heterocycles. The third kappa shape index (κ3) is 5.14. The lowest BCUT2D eigenvalue weighted by atomic mass is 9.78. The average Bonchev–Trinajstić information content (AvgIpc) is 3.38. The molecule has 0 spiro atoms. The highest BCUT2D eigenvalue weighted by Crippen LogP contribution is 2.30. The van der Waals surface area contributed by atoms with Gasteiger partial charge in [0.05, 0.1) is 12.5 Å². The first-order valence-corrected chi connectivity index (χ1v) is 12.4. The van der Waals surface area contributed by atoms with Crippen molar-refractivity contribution in [2.75, 3.05) is 0 Å². The second-order valence-electron chi connectivity index (χ2n) is 9.49. The molecular weight excluding hydrogens is 434 g/mol. The zero-order valence-corrected chi connectivity index (χ0v) is 20.2. The number of ether oxygens (including phenoxy) is 1. The molecule has 4 aromatic rings. The predicted octanol–water partition coefficient (Wildman–Crippen LogP) is 6.89. The van der Waals surface area contributed by atoms with Gasteiger partial charge in [-0.15, -0.1) is 0 Å². The molecule has 5 rings (SSSR count). The van der Waals surface area contributed by atoms with E-state index < -0.39 is 0 Å². The van der Waals surface area contributed by atoms with Gasteiger partial charge in [0.25, 0.3) is 5.91 Å². The Kier molecular flexibility index (Phi) is 6.66. The van der Waals surface area contributed by atoms with Gasteiger partial charge in [0.2, 0.25) is 0 Å². The number of nitrogens with one attached hydrogen (secondary N) is 1. The lowest BCUT2D eigenvalue weighted by Gasteiger charge is -2.34. The molecule has 5 nitrogen and oxygen atoms in total. The number of carbonyl (C=O) groups excluding carboxylic acids is 1. The SMILES string of the molecule is C[C@@H]1[C@H](C)CCC[C@@H]1NC(=O)c1cncn1-c1cccc(-c2ccc(Oc3ccccc3)cc2)c1. The lowest BCUT2D eigenvalue weighted by molar-refractivity contribution is 0.0884. The summed E-state index contributed by atoms with van der Waals surface area (Å²) in [5, 5.41) is 3.27. The van der Waals surface area contributed by atoms with Crippen molar-refractivity contribution in [1.29, 1.82) is 0 Å². The third-order valence-corrected chi connectivity index (χ3v) is 7.19. The molecule has 0 aliphatic heterocycles. The Labute approximate surface area is 206 Å². The third-order valence-electron chi connectivity index (χ3n) is 7.19. The van der Waals surface area contributed by atoms with Crippen LogP contribution in [-0.4, -0.2) is 21.5 Å². The minimum absolute atomic E-state index is 0.0683. The summed E-state index contributed by atoms with van der Waals surface area (Å²) >= 11 is 0. The molecule has 3 atom stereocenters. The molecule has 5 heteroatoms. The zero-order valence-electron chi connectivity index (χ0n) is 20.2. The first-order valence-electron chi connectivity index (χ1n) is 12.4. The largest absolute Gasteiger partial charge is 0.457 e. The molecule has 1 aromatic heterocycles. The van der Waals surface area contributed by atoms with E-state index in [1.54, 1.807) is 12.5 Å². The zero-order chi connectivity index (χ0) is 24.2. The number of para-hydroxylation sites is 1. The summed E-state index contributed by atoms with van der Waals surface area (Å²) in [7, 11) is 0. The summed E-state index contributed by atoms with van der Waals surface area (Å²) in [5.41, 5.74) is 3.59. The molecule has 1 amide bonds. The van der Waals surface area contributed by atoms with Crippen molar-refractivity contribution >= 4 is 5.91 Å². The summed E-state index contributed by atoms with van der Waals surface area (Å²) in [4.78, 5) is 17.5. The van der Waals surface area contributed by atoms with Crippen LogP contribution in [0.5, 0.6) is 11.5 Å². The van der Waals surface area contributed by atoms with Crippen LogP contribution in [0.25, 0.3) is 16.8 Å². The summed E-state index contributed by atoms with van der Waals surface area (Å²) < 4.78 is 7.78. The number of carbonyl (C=O) groups is 1. The van der Waals surface area contributed by atoms with Gasteiger partial charge in [-0.25, -0.2) is 4.98 Å².